The van der Waals surface area contributed by atoms with Gasteiger partial charge in [0.15, 0.2) is 0 Å². The number of carbonyl (C=O) groups excluding carboxylic acids is 1. The third kappa shape index (κ3) is 3.56. The Morgan fingerprint density at radius 2 is 2.00 bits per heavy atom. The van der Waals surface area contributed by atoms with Gasteiger partial charge in [-0.1, -0.05) is 26.0 Å². The van der Waals surface area contributed by atoms with Crippen molar-refractivity contribution in [2.24, 2.45) is 5.41 Å². The van der Waals surface area contributed by atoms with E-state index in [2.05, 4.69) is 10.1 Å². The Kier molecular flexibility index (Phi) is 4.99. The minimum absolute atomic E-state index is 0.0448. The van der Waals surface area contributed by atoms with Gasteiger partial charge < -0.3 is 10.0 Å². The summed E-state index contributed by atoms with van der Waals surface area (Å²) in [7, 11) is 0. The number of nitrogens with zero attached hydrogens (tertiary/aromatic N) is 4. The Morgan fingerprint density at radius 1 is 1.30 bits per heavy atom. The highest BCUT2D eigenvalue weighted by Crippen LogP contribution is 2.30. The van der Waals surface area contributed by atoms with E-state index in [1.54, 1.807) is 25.1 Å². The van der Waals surface area contributed by atoms with Crippen molar-refractivity contribution < 1.29 is 19.1 Å². The van der Waals surface area contributed by atoms with Gasteiger partial charge in [-0.2, -0.15) is 0 Å². The number of hydrogen-bond donors (Lipinski definition) is 1. The van der Waals surface area contributed by atoms with Crippen molar-refractivity contribution in [3.8, 4) is 5.69 Å². The standard InChI is InChI=1S/C19H23FN4O3/c1-12(2)16-21-15(22-24(16)14-8-5-4-7-13(14)20)17(25)23-10-6-9-19(3,11-23)18(26)27/h4-5,7-8,12H,6,9-11H2,1-3H3,(H,26,27). The number of carboxylic acid groups (broad SMARTS) is 1. The van der Waals surface area contributed by atoms with Gasteiger partial charge >= 0.3 is 5.97 Å². The van der Waals surface area contributed by atoms with Crippen LogP contribution in [0, 0.1) is 11.2 Å². The number of carboxylic acids is 1. The van der Waals surface area contributed by atoms with E-state index in [-0.39, 0.29) is 24.0 Å². The summed E-state index contributed by atoms with van der Waals surface area (Å²) in [5.41, 5.74) is -0.759. The van der Waals surface area contributed by atoms with E-state index in [1.165, 1.54) is 15.6 Å². The lowest BCUT2D eigenvalue weighted by Crippen LogP contribution is -2.48. The molecular formula is C19H23FN4O3. The second-order valence-corrected chi connectivity index (χ2v) is 7.51. The molecular weight excluding hydrogens is 351 g/mol. The van der Waals surface area contributed by atoms with Crippen LogP contribution in [-0.2, 0) is 4.79 Å². The molecule has 1 N–H and O–H groups in total. The molecule has 0 saturated carbocycles. The van der Waals surface area contributed by atoms with Gasteiger partial charge in [0.1, 0.15) is 17.3 Å². The molecule has 1 fully saturated rings. The minimum Gasteiger partial charge on any atom is -0.481 e. The zero-order chi connectivity index (χ0) is 19.8. The van der Waals surface area contributed by atoms with Crippen molar-refractivity contribution in [3.63, 3.8) is 0 Å². The van der Waals surface area contributed by atoms with E-state index in [0.29, 0.717) is 25.2 Å². The smallest absolute Gasteiger partial charge is 0.311 e. The van der Waals surface area contributed by atoms with Gasteiger partial charge in [-0.05, 0) is 31.9 Å². The number of benzene rings is 1. The molecule has 1 aliphatic heterocycles. The van der Waals surface area contributed by atoms with Crippen LogP contribution in [0.3, 0.4) is 0 Å². The molecule has 0 spiro atoms. The monoisotopic (exact) mass is 374 g/mol. The minimum atomic E-state index is -0.983. The number of rotatable bonds is 4. The van der Waals surface area contributed by atoms with Crippen LogP contribution in [0.15, 0.2) is 24.3 Å². The molecule has 3 rings (SSSR count). The fourth-order valence-corrected chi connectivity index (χ4v) is 3.32. The van der Waals surface area contributed by atoms with E-state index in [1.807, 2.05) is 13.8 Å². The van der Waals surface area contributed by atoms with Gasteiger partial charge in [0.25, 0.3) is 5.91 Å². The predicted molar refractivity (Wildman–Crippen MR) is 96.3 cm³/mol. The van der Waals surface area contributed by atoms with Crippen molar-refractivity contribution in [2.75, 3.05) is 13.1 Å². The first kappa shape index (κ1) is 19.0. The molecule has 2 aromatic rings. The van der Waals surface area contributed by atoms with Crippen LogP contribution in [-0.4, -0.2) is 49.7 Å². The Morgan fingerprint density at radius 3 is 2.63 bits per heavy atom. The molecule has 0 aliphatic carbocycles. The fraction of sp³-hybridized carbons (Fsp3) is 0.474. The SMILES string of the molecule is CC(C)c1nc(C(=O)N2CCCC(C)(C(=O)O)C2)nn1-c1ccccc1F. The highest BCUT2D eigenvalue weighted by molar-refractivity contribution is 5.91. The maximum atomic E-state index is 14.2. The first-order chi connectivity index (χ1) is 12.7. The lowest BCUT2D eigenvalue weighted by molar-refractivity contribution is -0.150. The van der Waals surface area contributed by atoms with Crippen LogP contribution in [0.4, 0.5) is 4.39 Å². The van der Waals surface area contributed by atoms with Gasteiger partial charge in [0, 0.05) is 19.0 Å². The van der Waals surface area contributed by atoms with Crippen molar-refractivity contribution >= 4 is 11.9 Å². The molecule has 1 aliphatic rings. The number of likely N-dealkylation sites (tertiary alicyclic amines) is 1. The number of aromatic nitrogens is 3. The topological polar surface area (TPSA) is 88.3 Å². The van der Waals surface area contributed by atoms with Crippen LogP contribution in [0.1, 0.15) is 56.0 Å². The van der Waals surface area contributed by atoms with Crippen molar-refractivity contribution in [2.45, 2.75) is 39.5 Å². The molecule has 1 unspecified atom stereocenters. The molecule has 27 heavy (non-hydrogen) atoms. The van der Waals surface area contributed by atoms with Gasteiger partial charge in [-0.3, -0.25) is 9.59 Å². The maximum absolute atomic E-state index is 14.2. The average molecular weight is 374 g/mol. The summed E-state index contributed by atoms with van der Waals surface area (Å²) in [5.74, 6) is -1.46. The third-order valence-electron chi connectivity index (χ3n) is 4.92. The quantitative estimate of drug-likeness (QED) is 0.889. The van der Waals surface area contributed by atoms with Crippen molar-refractivity contribution in [1.82, 2.24) is 19.7 Å². The molecule has 0 bridgehead atoms. The average Bonchev–Trinajstić information content (AvgIpc) is 3.07. The second kappa shape index (κ2) is 7.09. The molecule has 7 nitrogen and oxygen atoms in total. The first-order valence-corrected chi connectivity index (χ1v) is 8.97. The number of aliphatic carboxylic acids is 1. The zero-order valence-electron chi connectivity index (χ0n) is 15.6. The maximum Gasteiger partial charge on any atom is 0.311 e. The Balaban J connectivity index is 1.96. The zero-order valence-corrected chi connectivity index (χ0v) is 15.6. The summed E-state index contributed by atoms with van der Waals surface area (Å²) in [6, 6.07) is 6.17. The van der Waals surface area contributed by atoms with E-state index < -0.39 is 23.1 Å². The number of para-hydroxylation sites is 1. The lowest BCUT2D eigenvalue weighted by atomic mass is 9.82. The van der Waals surface area contributed by atoms with Crippen LogP contribution in [0.25, 0.3) is 5.69 Å². The summed E-state index contributed by atoms with van der Waals surface area (Å²) in [5, 5.41) is 13.7. The van der Waals surface area contributed by atoms with Gasteiger partial charge in [0.2, 0.25) is 5.82 Å². The van der Waals surface area contributed by atoms with Crippen molar-refractivity contribution in [1.29, 1.82) is 0 Å². The Labute approximate surface area is 156 Å². The molecule has 1 atom stereocenters. The highest BCUT2D eigenvalue weighted by atomic mass is 19.1. The molecule has 1 aromatic heterocycles. The number of carbonyl (C=O) groups is 2. The number of piperidine rings is 1. The number of amides is 1. The first-order valence-electron chi connectivity index (χ1n) is 8.97. The summed E-state index contributed by atoms with van der Waals surface area (Å²) in [6.45, 7) is 5.97. The van der Waals surface area contributed by atoms with Crippen LogP contribution < -0.4 is 0 Å². The fourth-order valence-electron chi connectivity index (χ4n) is 3.32. The largest absolute Gasteiger partial charge is 0.481 e. The molecule has 0 radical (unpaired) electrons. The summed E-state index contributed by atoms with van der Waals surface area (Å²) >= 11 is 0. The second-order valence-electron chi connectivity index (χ2n) is 7.51. The van der Waals surface area contributed by atoms with Gasteiger partial charge in [-0.15, -0.1) is 5.10 Å². The van der Waals surface area contributed by atoms with E-state index in [4.69, 9.17) is 0 Å². The van der Waals surface area contributed by atoms with E-state index >= 15 is 0 Å². The lowest BCUT2D eigenvalue weighted by Gasteiger charge is -2.36. The molecule has 8 heteroatoms. The van der Waals surface area contributed by atoms with E-state index in [9.17, 15) is 19.1 Å². The molecule has 1 aromatic carbocycles. The third-order valence-corrected chi connectivity index (χ3v) is 4.92. The highest BCUT2D eigenvalue weighted by Gasteiger charge is 2.40. The Hall–Kier alpha value is -2.77. The Bertz CT molecular complexity index is 880. The summed E-state index contributed by atoms with van der Waals surface area (Å²) in [6.07, 6.45) is 1.11. The van der Waals surface area contributed by atoms with Gasteiger partial charge in [0.05, 0.1) is 5.41 Å². The summed E-state index contributed by atoms with van der Waals surface area (Å²) in [4.78, 5) is 30.3. The van der Waals surface area contributed by atoms with Crippen LogP contribution in [0.5, 0.6) is 0 Å². The molecule has 144 valence electrons. The van der Waals surface area contributed by atoms with Crippen LogP contribution in [0.2, 0.25) is 0 Å². The normalized spacial score (nSPS) is 20.1. The number of halogens is 1. The predicted octanol–water partition coefficient (Wildman–Crippen LogP) is 2.86. The molecule has 1 amide bonds. The molecule has 1 saturated heterocycles. The molecule has 2 heterocycles. The van der Waals surface area contributed by atoms with Crippen LogP contribution >= 0.6 is 0 Å². The van der Waals surface area contributed by atoms with Crippen molar-refractivity contribution in [3.05, 3.63) is 41.7 Å². The van der Waals surface area contributed by atoms with E-state index in [0.717, 1.165) is 0 Å². The summed E-state index contributed by atoms with van der Waals surface area (Å²) < 4.78 is 15.6. The number of hydrogen-bond acceptors (Lipinski definition) is 4. The van der Waals surface area contributed by atoms with Gasteiger partial charge in [-0.25, -0.2) is 14.1 Å².